The molecule has 3 N–H and O–H groups in total. The standard InChI is InChI=1S/C21H24N2O6S/c1-14(20(26)29-16-8-10-17(30-2)11-9-16)22-19(25)18(12-24)23-21(27)28-13-15-6-4-3-5-7-15/h3-11,14,18,24H,12-13H2,1-2H3,(H,22,25)(H,23,27)/t14-,18-/m1/s1. The van der Waals surface area contributed by atoms with Crippen molar-refractivity contribution in [2.75, 3.05) is 12.9 Å². The molecule has 0 aliphatic carbocycles. The topological polar surface area (TPSA) is 114 Å². The predicted octanol–water partition coefficient (Wildman–Crippen LogP) is 2.11. The lowest BCUT2D eigenvalue weighted by atomic mass is 10.2. The quantitative estimate of drug-likeness (QED) is 0.316. The summed E-state index contributed by atoms with van der Waals surface area (Å²) >= 11 is 1.56. The lowest BCUT2D eigenvalue weighted by Crippen LogP contribution is -2.53. The van der Waals surface area contributed by atoms with Gasteiger partial charge in [-0.15, -0.1) is 11.8 Å². The van der Waals surface area contributed by atoms with E-state index in [2.05, 4.69) is 10.6 Å². The average Bonchev–Trinajstić information content (AvgIpc) is 2.77. The van der Waals surface area contributed by atoms with Gasteiger partial charge in [-0.05, 0) is 43.0 Å². The molecule has 0 radical (unpaired) electrons. The fourth-order valence-electron chi connectivity index (χ4n) is 2.32. The van der Waals surface area contributed by atoms with Crippen LogP contribution in [0.25, 0.3) is 0 Å². The first-order valence-corrected chi connectivity index (χ1v) is 10.4. The van der Waals surface area contributed by atoms with Crippen molar-refractivity contribution in [2.24, 2.45) is 0 Å². The molecule has 0 saturated carbocycles. The number of amides is 2. The second kappa shape index (κ2) is 11.8. The summed E-state index contributed by atoms with van der Waals surface area (Å²) in [6, 6.07) is 13.7. The summed E-state index contributed by atoms with van der Waals surface area (Å²) in [4.78, 5) is 37.4. The number of aliphatic hydroxyl groups excluding tert-OH is 1. The van der Waals surface area contributed by atoms with Crippen molar-refractivity contribution < 1.29 is 29.0 Å². The molecule has 0 aromatic heterocycles. The molecule has 9 heteroatoms. The Balaban J connectivity index is 1.82. The Morgan fingerprint density at radius 3 is 2.30 bits per heavy atom. The van der Waals surface area contributed by atoms with Crippen LogP contribution in [0.15, 0.2) is 59.5 Å². The van der Waals surface area contributed by atoms with E-state index in [0.29, 0.717) is 5.75 Å². The largest absolute Gasteiger partial charge is 0.445 e. The third kappa shape index (κ3) is 7.41. The Bertz CT molecular complexity index is 844. The van der Waals surface area contributed by atoms with Gasteiger partial charge in [-0.1, -0.05) is 30.3 Å². The zero-order valence-electron chi connectivity index (χ0n) is 16.7. The Morgan fingerprint density at radius 2 is 1.70 bits per heavy atom. The van der Waals surface area contributed by atoms with Gasteiger partial charge >= 0.3 is 12.1 Å². The van der Waals surface area contributed by atoms with Gasteiger partial charge in [0.15, 0.2) is 0 Å². The zero-order valence-corrected chi connectivity index (χ0v) is 17.5. The van der Waals surface area contributed by atoms with E-state index in [1.807, 2.05) is 24.5 Å². The van der Waals surface area contributed by atoms with Gasteiger partial charge in [0.05, 0.1) is 6.61 Å². The van der Waals surface area contributed by atoms with Crippen molar-refractivity contribution >= 4 is 29.7 Å². The van der Waals surface area contributed by atoms with Crippen LogP contribution < -0.4 is 15.4 Å². The highest BCUT2D eigenvalue weighted by atomic mass is 32.2. The molecule has 0 saturated heterocycles. The van der Waals surface area contributed by atoms with Crippen molar-refractivity contribution in [2.45, 2.75) is 30.5 Å². The Morgan fingerprint density at radius 1 is 1.03 bits per heavy atom. The van der Waals surface area contributed by atoms with Gasteiger partial charge in [-0.25, -0.2) is 9.59 Å². The van der Waals surface area contributed by atoms with Gasteiger partial charge in [-0.2, -0.15) is 0 Å². The van der Waals surface area contributed by atoms with Gasteiger partial charge in [-0.3, -0.25) is 4.79 Å². The second-order valence-electron chi connectivity index (χ2n) is 6.27. The lowest BCUT2D eigenvalue weighted by molar-refractivity contribution is -0.139. The third-order valence-electron chi connectivity index (χ3n) is 3.99. The average molecular weight is 432 g/mol. The van der Waals surface area contributed by atoms with Crippen molar-refractivity contribution in [3.8, 4) is 5.75 Å². The van der Waals surface area contributed by atoms with E-state index < -0.39 is 36.7 Å². The highest BCUT2D eigenvalue weighted by Gasteiger charge is 2.25. The fraction of sp³-hybridized carbons (Fsp3) is 0.286. The molecular formula is C21H24N2O6S. The number of esters is 1. The van der Waals surface area contributed by atoms with Crippen LogP contribution >= 0.6 is 11.8 Å². The highest BCUT2D eigenvalue weighted by Crippen LogP contribution is 2.19. The molecule has 8 nitrogen and oxygen atoms in total. The molecule has 0 unspecified atom stereocenters. The Kier molecular flexibility index (Phi) is 9.17. The smallest absolute Gasteiger partial charge is 0.408 e. The van der Waals surface area contributed by atoms with E-state index >= 15 is 0 Å². The number of aliphatic hydroxyl groups is 1. The van der Waals surface area contributed by atoms with Crippen LogP contribution in [0.5, 0.6) is 5.75 Å². The molecular weight excluding hydrogens is 408 g/mol. The molecule has 0 fully saturated rings. The number of thioether (sulfide) groups is 1. The molecule has 160 valence electrons. The number of ether oxygens (including phenoxy) is 2. The van der Waals surface area contributed by atoms with Crippen molar-refractivity contribution in [3.63, 3.8) is 0 Å². The number of nitrogens with one attached hydrogen (secondary N) is 2. The van der Waals surface area contributed by atoms with Crippen LogP contribution in [0.4, 0.5) is 4.79 Å². The van der Waals surface area contributed by atoms with Gasteiger partial charge in [0, 0.05) is 4.90 Å². The maximum absolute atomic E-state index is 12.3. The summed E-state index contributed by atoms with van der Waals surface area (Å²) in [6.45, 7) is 0.799. The number of carbonyl (C=O) groups is 3. The first-order chi connectivity index (χ1) is 14.4. The van der Waals surface area contributed by atoms with Crippen LogP contribution in [0.3, 0.4) is 0 Å². The summed E-state index contributed by atoms with van der Waals surface area (Å²) in [5, 5.41) is 14.1. The molecule has 0 heterocycles. The van der Waals surface area contributed by atoms with Crippen molar-refractivity contribution in [3.05, 3.63) is 60.2 Å². The van der Waals surface area contributed by atoms with Crippen LogP contribution in [0.2, 0.25) is 0 Å². The minimum absolute atomic E-state index is 0.0184. The first-order valence-electron chi connectivity index (χ1n) is 9.17. The molecule has 2 amide bonds. The Hall–Kier alpha value is -3.04. The van der Waals surface area contributed by atoms with Crippen LogP contribution in [-0.2, 0) is 20.9 Å². The van der Waals surface area contributed by atoms with Gasteiger partial charge in [0.2, 0.25) is 5.91 Å². The normalized spacial score (nSPS) is 12.4. The summed E-state index contributed by atoms with van der Waals surface area (Å²) in [5.74, 6) is -1.07. The minimum Gasteiger partial charge on any atom is -0.445 e. The first kappa shape index (κ1) is 23.2. The van der Waals surface area contributed by atoms with Crippen LogP contribution in [0.1, 0.15) is 12.5 Å². The number of benzene rings is 2. The summed E-state index contributed by atoms with van der Waals surface area (Å²) in [7, 11) is 0. The summed E-state index contributed by atoms with van der Waals surface area (Å²) < 4.78 is 10.2. The van der Waals surface area contributed by atoms with Gasteiger partial charge in [0.1, 0.15) is 24.4 Å². The Labute approximate surface area is 179 Å². The van der Waals surface area contributed by atoms with E-state index in [1.165, 1.54) is 6.92 Å². The molecule has 0 aliphatic rings. The molecule has 2 rings (SSSR count). The van der Waals surface area contributed by atoms with E-state index in [-0.39, 0.29) is 6.61 Å². The predicted molar refractivity (Wildman–Crippen MR) is 112 cm³/mol. The lowest BCUT2D eigenvalue weighted by Gasteiger charge is -2.19. The van der Waals surface area contributed by atoms with Crippen LogP contribution in [-0.4, -0.2) is 48.0 Å². The maximum Gasteiger partial charge on any atom is 0.408 e. The van der Waals surface area contributed by atoms with E-state index in [4.69, 9.17) is 9.47 Å². The number of rotatable bonds is 9. The molecule has 0 bridgehead atoms. The van der Waals surface area contributed by atoms with Gasteiger partial charge < -0.3 is 25.2 Å². The fourth-order valence-corrected chi connectivity index (χ4v) is 2.73. The maximum atomic E-state index is 12.3. The monoisotopic (exact) mass is 432 g/mol. The SMILES string of the molecule is CSc1ccc(OC(=O)[C@@H](C)NC(=O)[C@@H](CO)NC(=O)OCc2ccccc2)cc1. The number of alkyl carbamates (subject to hydrolysis) is 1. The van der Waals surface area contributed by atoms with Gasteiger partial charge in [0.25, 0.3) is 0 Å². The third-order valence-corrected chi connectivity index (χ3v) is 4.74. The number of carbonyl (C=O) groups excluding carboxylic acids is 3. The summed E-state index contributed by atoms with van der Waals surface area (Å²) in [5.41, 5.74) is 0.777. The molecule has 0 aliphatic heterocycles. The molecule has 0 spiro atoms. The van der Waals surface area contributed by atoms with E-state index in [9.17, 15) is 19.5 Å². The summed E-state index contributed by atoms with van der Waals surface area (Å²) in [6.07, 6.45) is 1.07. The molecule has 2 aromatic rings. The minimum atomic E-state index is -1.27. The van der Waals surface area contributed by atoms with Crippen molar-refractivity contribution in [1.29, 1.82) is 0 Å². The molecule has 2 atom stereocenters. The second-order valence-corrected chi connectivity index (χ2v) is 7.15. The van der Waals surface area contributed by atoms with Crippen LogP contribution in [0, 0.1) is 0 Å². The van der Waals surface area contributed by atoms with E-state index in [0.717, 1.165) is 10.5 Å². The van der Waals surface area contributed by atoms with E-state index in [1.54, 1.807) is 48.2 Å². The number of hydrogen-bond acceptors (Lipinski definition) is 7. The number of hydrogen-bond donors (Lipinski definition) is 3. The molecule has 2 aromatic carbocycles. The van der Waals surface area contributed by atoms with Crippen molar-refractivity contribution in [1.82, 2.24) is 10.6 Å². The highest BCUT2D eigenvalue weighted by molar-refractivity contribution is 7.98. The zero-order chi connectivity index (χ0) is 21.9. The molecule has 30 heavy (non-hydrogen) atoms.